The SMILES string of the molecule is CC1(C)c2ccccc2-c2c1ccc1c3ccccc3n(-c3cc(C#N)c(-n4c5ccccc5c5c6ccccc6ccc54)cc3C#N)c21. The average molecular weight is 625 g/mol. The summed E-state index contributed by atoms with van der Waals surface area (Å²) in [6.07, 6.45) is 0. The number of nitriles is 2. The summed E-state index contributed by atoms with van der Waals surface area (Å²) in [4.78, 5) is 0. The zero-order valence-corrected chi connectivity index (χ0v) is 27.0. The molecule has 10 rings (SSSR count). The third-order valence-corrected chi connectivity index (χ3v) is 10.8. The second-order valence-corrected chi connectivity index (χ2v) is 13.6. The van der Waals surface area contributed by atoms with Crippen LogP contribution in [0.4, 0.5) is 0 Å². The summed E-state index contributed by atoms with van der Waals surface area (Å²) < 4.78 is 4.38. The molecule has 4 heteroatoms. The minimum atomic E-state index is -0.179. The maximum Gasteiger partial charge on any atom is 0.101 e. The molecule has 0 radical (unpaired) electrons. The van der Waals surface area contributed by atoms with Crippen LogP contribution in [0.2, 0.25) is 0 Å². The van der Waals surface area contributed by atoms with Crippen LogP contribution in [-0.2, 0) is 5.41 Å². The van der Waals surface area contributed by atoms with Crippen LogP contribution in [0, 0.1) is 22.7 Å². The Balaban J connectivity index is 1.33. The zero-order chi connectivity index (χ0) is 33.0. The van der Waals surface area contributed by atoms with Gasteiger partial charge in [-0.3, -0.25) is 0 Å². The molecule has 4 nitrogen and oxygen atoms in total. The van der Waals surface area contributed by atoms with Gasteiger partial charge in [0.2, 0.25) is 0 Å². The normalized spacial score (nSPS) is 13.2. The van der Waals surface area contributed by atoms with E-state index in [1.54, 1.807) is 0 Å². The first-order valence-corrected chi connectivity index (χ1v) is 16.6. The molecular formula is C45H28N4. The lowest BCUT2D eigenvalue weighted by Crippen LogP contribution is -2.14. The smallest absolute Gasteiger partial charge is 0.101 e. The van der Waals surface area contributed by atoms with Crippen LogP contribution >= 0.6 is 0 Å². The molecular weight excluding hydrogens is 597 g/mol. The van der Waals surface area contributed by atoms with Crippen LogP contribution in [-0.4, -0.2) is 9.13 Å². The van der Waals surface area contributed by atoms with Crippen molar-refractivity contribution in [1.29, 1.82) is 10.5 Å². The van der Waals surface area contributed by atoms with Crippen molar-refractivity contribution in [1.82, 2.24) is 9.13 Å². The summed E-state index contributed by atoms with van der Waals surface area (Å²) in [5.41, 5.74) is 11.3. The van der Waals surface area contributed by atoms with E-state index in [0.29, 0.717) is 22.5 Å². The van der Waals surface area contributed by atoms with Gasteiger partial charge >= 0.3 is 0 Å². The van der Waals surface area contributed by atoms with Crippen LogP contribution in [0.15, 0.2) is 133 Å². The lowest BCUT2D eigenvalue weighted by Gasteiger charge is -2.21. The van der Waals surface area contributed by atoms with E-state index in [9.17, 15) is 10.5 Å². The molecule has 228 valence electrons. The van der Waals surface area contributed by atoms with Gasteiger partial charge in [-0.1, -0.05) is 117 Å². The van der Waals surface area contributed by atoms with E-state index in [2.05, 4.69) is 144 Å². The van der Waals surface area contributed by atoms with Gasteiger partial charge in [-0.25, -0.2) is 0 Å². The molecule has 9 aromatic rings. The van der Waals surface area contributed by atoms with Crippen molar-refractivity contribution < 1.29 is 0 Å². The van der Waals surface area contributed by atoms with Gasteiger partial charge in [-0.2, -0.15) is 10.5 Å². The van der Waals surface area contributed by atoms with Gasteiger partial charge in [0.05, 0.1) is 44.6 Å². The van der Waals surface area contributed by atoms with E-state index in [0.717, 1.165) is 54.4 Å². The fourth-order valence-electron chi connectivity index (χ4n) is 8.62. The lowest BCUT2D eigenvalue weighted by molar-refractivity contribution is 0.661. The van der Waals surface area contributed by atoms with Crippen molar-refractivity contribution in [3.05, 3.63) is 156 Å². The molecule has 2 aromatic heterocycles. The van der Waals surface area contributed by atoms with Crippen LogP contribution in [0.5, 0.6) is 0 Å². The third kappa shape index (κ3) is 3.50. The number of para-hydroxylation sites is 2. The van der Waals surface area contributed by atoms with E-state index < -0.39 is 0 Å². The molecule has 0 spiro atoms. The first kappa shape index (κ1) is 27.5. The van der Waals surface area contributed by atoms with E-state index in [1.807, 2.05) is 24.3 Å². The lowest BCUT2D eigenvalue weighted by atomic mass is 9.82. The molecule has 1 aliphatic rings. The standard InChI is InChI=1S/C45H28N4/c1-45(2)35-16-8-5-14-33(35)43-36(45)21-20-32-31-13-6-9-17-37(31)49(44(32)43)41-24-28(25-46)40(23-29(41)26-47)48-38-18-10-7-15-34(38)42-30-12-4-3-11-27(30)19-22-39(42)48/h3-24H,1-2H3. The van der Waals surface area contributed by atoms with Gasteiger partial charge in [0.15, 0.2) is 0 Å². The predicted molar refractivity (Wildman–Crippen MR) is 200 cm³/mol. The Hall–Kier alpha value is -6.62. The first-order valence-electron chi connectivity index (χ1n) is 16.6. The monoisotopic (exact) mass is 624 g/mol. The second-order valence-electron chi connectivity index (χ2n) is 13.6. The molecule has 0 aliphatic heterocycles. The summed E-state index contributed by atoms with van der Waals surface area (Å²) in [6.45, 7) is 4.57. The topological polar surface area (TPSA) is 57.4 Å². The summed E-state index contributed by atoms with van der Waals surface area (Å²) in [5, 5.41) is 28.6. The molecule has 0 unspecified atom stereocenters. The van der Waals surface area contributed by atoms with Gasteiger partial charge in [0, 0.05) is 32.5 Å². The van der Waals surface area contributed by atoms with Gasteiger partial charge in [0.1, 0.15) is 12.1 Å². The van der Waals surface area contributed by atoms with Crippen LogP contribution in [0.1, 0.15) is 36.1 Å². The molecule has 49 heavy (non-hydrogen) atoms. The van der Waals surface area contributed by atoms with E-state index in [1.165, 1.54) is 22.3 Å². The van der Waals surface area contributed by atoms with Crippen molar-refractivity contribution in [3.63, 3.8) is 0 Å². The summed E-state index contributed by atoms with van der Waals surface area (Å²) >= 11 is 0. The third-order valence-electron chi connectivity index (χ3n) is 10.8. The quantitative estimate of drug-likeness (QED) is 0.192. The minimum Gasteiger partial charge on any atom is -0.308 e. The molecule has 1 aliphatic carbocycles. The molecule has 7 aromatic carbocycles. The molecule has 0 saturated carbocycles. The van der Waals surface area contributed by atoms with Crippen LogP contribution in [0.25, 0.3) is 76.9 Å². The highest BCUT2D eigenvalue weighted by Gasteiger charge is 2.37. The highest BCUT2D eigenvalue weighted by Crippen LogP contribution is 2.53. The average Bonchev–Trinajstić information content (AvgIpc) is 3.74. The Morgan fingerprint density at radius 1 is 0.510 bits per heavy atom. The fraction of sp³-hybridized carbons (Fsp3) is 0.0667. The largest absolute Gasteiger partial charge is 0.308 e. The maximum absolute atomic E-state index is 10.9. The van der Waals surface area contributed by atoms with Crippen LogP contribution in [0.3, 0.4) is 0 Å². The van der Waals surface area contributed by atoms with Crippen molar-refractivity contribution in [2.45, 2.75) is 19.3 Å². The number of nitrogens with zero attached hydrogens (tertiary/aromatic N) is 4. The van der Waals surface area contributed by atoms with Gasteiger partial charge < -0.3 is 9.13 Å². The number of hydrogen-bond acceptors (Lipinski definition) is 2. The molecule has 0 amide bonds. The number of hydrogen-bond donors (Lipinski definition) is 0. The van der Waals surface area contributed by atoms with E-state index in [4.69, 9.17) is 0 Å². The van der Waals surface area contributed by atoms with Gasteiger partial charge in [0.25, 0.3) is 0 Å². The number of fused-ring (bicyclic) bond motifs is 12. The molecule has 0 fully saturated rings. The molecule has 2 heterocycles. The number of aromatic nitrogens is 2. The highest BCUT2D eigenvalue weighted by molar-refractivity contribution is 6.21. The zero-order valence-electron chi connectivity index (χ0n) is 27.0. The van der Waals surface area contributed by atoms with Crippen molar-refractivity contribution in [2.75, 3.05) is 0 Å². The fourth-order valence-corrected chi connectivity index (χ4v) is 8.62. The summed E-state index contributed by atoms with van der Waals surface area (Å²) in [7, 11) is 0. The second kappa shape index (κ2) is 9.71. The molecule has 0 bridgehead atoms. The molecule has 0 atom stereocenters. The van der Waals surface area contributed by atoms with E-state index in [-0.39, 0.29) is 5.41 Å². The van der Waals surface area contributed by atoms with Crippen LogP contribution < -0.4 is 0 Å². The molecule has 0 N–H and O–H groups in total. The van der Waals surface area contributed by atoms with Crippen molar-refractivity contribution in [2.24, 2.45) is 0 Å². The number of rotatable bonds is 2. The van der Waals surface area contributed by atoms with Crippen molar-refractivity contribution >= 4 is 54.4 Å². The van der Waals surface area contributed by atoms with Gasteiger partial charge in [-0.05, 0) is 57.8 Å². The Bertz CT molecular complexity index is 2990. The Morgan fingerprint density at radius 3 is 1.88 bits per heavy atom. The Morgan fingerprint density at radius 2 is 1.12 bits per heavy atom. The Labute approximate surface area is 282 Å². The molecule has 0 saturated heterocycles. The number of benzene rings is 7. The van der Waals surface area contributed by atoms with Crippen molar-refractivity contribution in [3.8, 4) is 34.6 Å². The predicted octanol–water partition coefficient (Wildman–Crippen LogP) is 11.1. The van der Waals surface area contributed by atoms with E-state index >= 15 is 0 Å². The summed E-state index contributed by atoms with van der Waals surface area (Å²) in [5.74, 6) is 0. The van der Waals surface area contributed by atoms with Gasteiger partial charge in [-0.15, -0.1) is 0 Å². The Kier molecular flexibility index (Phi) is 5.44. The highest BCUT2D eigenvalue weighted by atomic mass is 15.0. The summed E-state index contributed by atoms with van der Waals surface area (Å²) in [6, 6.07) is 51.5. The minimum absolute atomic E-state index is 0.179. The first-order chi connectivity index (χ1) is 24.0. The maximum atomic E-state index is 10.9.